The molecule has 0 aliphatic carbocycles. The Morgan fingerprint density at radius 2 is 1.87 bits per heavy atom. The van der Waals surface area contributed by atoms with E-state index in [-0.39, 0.29) is 25.0 Å². The summed E-state index contributed by atoms with van der Waals surface area (Å²) in [5.41, 5.74) is 4.29. The molecule has 0 saturated carbocycles. The Balaban J connectivity index is 1.14. The second-order valence-electron chi connectivity index (χ2n) is 10.7. The zero-order chi connectivity index (χ0) is 31.1. The molecule has 3 aromatic heterocycles. The Labute approximate surface area is 261 Å². The molecule has 0 amide bonds. The van der Waals surface area contributed by atoms with Crippen molar-refractivity contribution in [3.8, 4) is 17.1 Å². The minimum atomic E-state index is -0.648. The lowest BCUT2D eigenvalue weighted by Gasteiger charge is -2.27. The minimum absolute atomic E-state index is 0.00409. The fraction of sp³-hybridized carbons (Fsp3) is 0.206. The van der Waals surface area contributed by atoms with Crippen LogP contribution >= 0.6 is 11.6 Å². The second-order valence-corrected chi connectivity index (χ2v) is 11.1. The summed E-state index contributed by atoms with van der Waals surface area (Å²) >= 11 is 6.22. The number of aromatic nitrogens is 3. The van der Waals surface area contributed by atoms with Gasteiger partial charge < -0.3 is 23.2 Å². The van der Waals surface area contributed by atoms with Crippen LogP contribution in [0.3, 0.4) is 0 Å². The average Bonchev–Trinajstić information content (AvgIpc) is 3.65. The number of carbonyl (C=O) groups is 1. The van der Waals surface area contributed by atoms with Crippen molar-refractivity contribution in [2.45, 2.75) is 32.1 Å². The van der Waals surface area contributed by atoms with E-state index < -0.39 is 17.6 Å². The molecule has 4 heterocycles. The summed E-state index contributed by atoms with van der Waals surface area (Å²) in [5, 5.41) is 1.27. The van der Waals surface area contributed by atoms with E-state index in [4.69, 9.17) is 35.2 Å². The number of pyridine rings is 1. The van der Waals surface area contributed by atoms with Crippen molar-refractivity contribution in [1.82, 2.24) is 14.5 Å². The first-order chi connectivity index (χ1) is 21.9. The van der Waals surface area contributed by atoms with Crippen molar-refractivity contribution in [3.05, 3.63) is 112 Å². The van der Waals surface area contributed by atoms with Crippen molar-refractivity contribution in [2.75, 3.05) is 13.7 Å². The van der Waals surface area contributed by atoms with Crippen LogP contribution in [0.25, 0.3) is 33.3 Å². The molecule has 228 valence electrons. The Hall–Kier alpha value is -4.80. The Morgan fingerprint density at radius 1 is 1.02 bits per heavy atom. The van der Waals surface area contributed by atoms with Crippen LogP contribution in [0.5, 0.6) is 5.88 Å². The summed E-state index contributed by atoms with van der Waals surface area (Å²) in [6.45, 7) is 1.21. The molecule has 1 aliphatic heterocycles. The van der Waals surface area contributed by atoms with Gasteiger partial charge in [0.1, 0.15) is 23.8 Å². The molecule has 1 fully saturated rings. The monoisotopic (exact) mass is 629 g/mol. The van der Waals surface area contributed by atoms with Gasteiger partial charge in [0.05, 0.1) is 53.3 Å². The first kappa shape index (κ1) is 28.9. The Kier molecular flexibility index (Phi) is 7.68. The predicted octanol–water partition coefficient (Wildman–Crippen LogP) is 7.52. The van der Waals surface area contributed by atoms with E-state index in [2.05, 4.69) is 4.98 Å². The van der Waals surface area contributed by atoms with Gasteiger partial charge in [-0.15, -0.1) is 0 Å². The summed E-state index contributed by atoms with van der Waals surface area (Å²) < 4.78 is 54.0. The maximum Gasteiger partial charge on any atom is 0.337 e. The molecule has 3 aromatic carbocycles. The van der Waals surface area contributed by atoms with Gasteiger partial charge in [-0.3, -0.25) is 0 Å². The normalized spacial score (nSPS) is 14.5. The van der Waals surface area contributed by atoms with Crippen molar-refractivity contribution in [1.29, 1.82) is 0 Å². The highest BCUT2D eigenvalue weighted by Gasteiger charge is 2.23. The Bertz CT molecular complexity index is 2070. The van der Waals surface area contributed by atoms with Gasteiger partial charge in [-0.05, 0) is 60.5 Å². The third-order valence-electron chi connectivity index (χ3n) is 7.95. The van der Waals surface area contributed by atoms with Gasteiger partial charge in [0.25, 0.3) is 5.88 Å². The highest BCUT2D eigenvalue weighted by atomic mass is 35.5. The number of ether oxygens (including phenoxy) is 3. The summed E-state index contributed by atoms with van der Waals surface area (Å²) in [7, 11) is 1.33. The van der Waals surface area contributed by atoms with E-state index >= 15 is 4.39 Å². The number of nitrogens with zero attached hydrogens (tertiary/aromatic N) is 3. The van der Waals surface area contributed by atoms with Gasteiger partial charge in [-0.25, -0.2) is 23.5 Å². The van der Waals surface area contributed by atoms with Gasteiger partial charge in [-0.2, -0.15) is 0 Å². The topological polar surface area (TPSA) is 88.6 Å². The molecule has 6 aromatic rings. The maximum absolute atomic E-state index is 15.6. The number of halogens is 3. The lowest BCUT2D eigenvalue weighted by atomic mass is 10.0. The number of carbonyl (C=O) groups excluding carboxylic acids is 1. The zero-order valence-electron chi connectivity index (χ0n) is 24.1. The van der Waals surface area contributed by atoms with E-state index in [9.17, 15) is 9.18 Å². The van der Waals surface area contributed by atoms with Crippen LogP contribution in [0.4, 0.5) is 8.78 Å². The summed E-state index contributed by atoms with van der Waals surface area (Å²) in [5.74, 6) is -1.14. The molecule has 45 heavy (non-hydrogen) atoms. The molecule has 11 heteroatoms. The molecule has 1 atom stereocenters. The molecule has 1 aliphatic rings. The van der Waals surface area contributed by atoms with Crippen molar-refractivity contribution < 1.29 is 32.2 Å². The lowest BCUT2D eigenvalue weighted by molar-refractivity contribution is -0.0589. The van der Waals surface area contributed by atoms with E-state index in [1.165, 1.54) is 31.6 Å². The molecule has 1 saturated heterocycles. The van der Waals surface area contributed by atoms with Crippen LogP contribution < -0.4 is 4.74 Å². The first-order valence-corrected chi connectivity index (χ1v) is 14.7. The summed E-state index contributed by atoms with van der Waals surface area (Å²) in [4.78, 5) is 21.3. The summed E-state index contributed by atoms with van der Waals surface area (Å²) in [6, 6.07) is 17.8. The summed E-state index contributed by atoms with van der Waals surface area (Å²) in [6.07, 6.45) is 2.65. The molecule has 8 nitrogen and oxygen atoms in total. The number of rotatable bonds is 9. The fourth-order valence-corrected chi connectivity index (χ4v) is 5.65. The number of furan rings is 1. The molecular formula is C34H26ClF2N3O5. The molecule has 0 bridgehead atoms. The second kappa shape index (κ2) is 11.9. The number of hydrogen-bond acceptors (Lipinski definition) is 7. The first-order valence-electron chi connectivity index (χ1n) is 14.3. The predicted molar refractivity (Wildman–Crippen MR) is 163 cm³/mol. The number of imidazole rings is 1. The Morgan fingerprint density at radius 3 is 2.64 bits per heavy atom. The van der Waals surface area contributed by atoms with Gasteiger partial charge in [0.15, 0.2) is 5.82 Å². The lowest BCUT2D eigenvalue weighted by Crippen LogP contribution is -2.31. The highest BCUT2D eigenvalue weighted by molar-refractivity contribution is 6.35. The van der Waals surface area contributed by atoms with E-state index in [0.29, 0.717) is 63.0 Å². The van der Waals surface area contributed by atoms with Crippen LogP contribution in [0.15, 0.2) is 77.4 Å². The van der Waals surface area contributed by atoms with E-state index in [0.717, 1.165) is 17.3 Å². The molecule has 0 unspecified atom stereocenters. The molecule has 7 rings (SSSR count). The van der Waals surface area contributed by atoms with Crippen LogP contribution in [-0.2, 0) is 29.0 Å². The molecule has 0 spiro atoms. The fourth-order valence-electron chi connectivity index (χ4n) is 5.44. The van der Waals surface area contributed by atoms with Crippen LogP contribution in [0, 0.1) is 11.6 Å². The van der Waals surface area contributed by atoms with Crippen LogP contribution in [0.2, 0.25) is 5.02 Å². The zero-order valence-corrected chi connectivity index (χ0v) is 24.8. The smallest absolute Gasteiger partial charge is 0.337 e. The largest absolute Gasteiger partial charge is 0.471 e. The van der Waals surface area contributed by atoms with Crippen LogP contribution in [0.1, 0.15) is 33.7 Å². The minimum Gasteiger partial charge on any atom is -0.471 e. The van der Waals surface area contributed by atoms with Crippen LogP contribution in [-0.4, -0.2) is 40.3 Å². The van der Waals surface area contributed by atoms with Gasteiger partial charge in [-0.1, -0.05) is 29.8 Å². The quantitative estimate of drug-likeness (QED) is 0.153. The maximum atomic E-state index is 15.6. The van der Waals surface area contributed by atoms with E-state index in [1.807, 2.05) is 4.57 Å². The number of methoxy groups -OCH3 is 1. The van der Waals surface area contributed by atoms with Crippen molar-refractivity contribution in [2.24, 2.45) is 0 Å². The van der Waals surface area contributed by atoms with Crippen molar-refractivity contribution in [3.63, 3.8) is 0 Å². The SMILES string of the molecule is COC(=O)c1ccc2nc(Cc3ccc(-c4ccc(F)c(OCc5ccc(Cl)c6ccoc56)n4)cc3F)n(C[C@@H]3CCO3)c2c1. The van der Waals surface area contributed by atoms with E-state index in [1.54, 1.807) is 48.5 Å². The number of fused-ring (bicyclic) bond motifs is 2. The number of esters is 1. The number of hydrogen-bond donors (Lipinski definition) is 0. The van der Waals surface area contributed by atoms with Gasteiger partial charge >= 0.3 is 5.97 Å². The van der Waals surface area contributed by atoms with Gasteiger partial charge in [0.2, 0.25) is 0 Å². The average molecular weight is 630 g/mol. The van der Waals surface area contributed by atoms with Gasteiger partial charge in [0, 0.05) is 29.5 Å². The number of benzene rings is 3. The molecule has 0 N–H and O–H groups in total. The third kappa shape index (κ3) is 5.63. The standard InChI is InChI=1S/C34H26ClF2N3O5/c1-42-34(41)21-5-8-29-30(15-21)40(17-23-10-12-43-23)31(38-29)16-19-2-3-20(14-27(19)37)28-9-7-26(36)33(39-28)45-18-22-4-6-25(35)24-11-13-44-32(22)24/h2-9,11,13-15,23H,10,12,16-18H2,1H3/t23-/m0/s1. The third-order valence-corrected chi connectivity index (χ3v) is 8.28. The molecule has 0 radical (unpaired) electrons. The van der Waals surface area contributed by atoms with Crippen molar-refractivity contribution >= 4 is 39.6 Å². The molecular weight excluding hydrogens is 604 g/mol. The highest BCUT2D eigenvalue weighted by Crippen LogP contribution is 2.30.